The molecule has 0 saturated carbocycles. The molecule has 1 aromatic rings. The van der Waals surface area contributed by atoms with Gasteiger partial charge in [0.05, 0.1) is 0 Å². The number of carbonyl (C=O) groups excluding carboxylic acids is 2. The van der Waals surface area contributed by atoms with E-state index in [-0.39, 0.29) is 0 Å². The maximum atomic E-state index is 13.3. The summed E-state index contributed by atoms with van der Waals surface area (Å²) in [5.74, 6) is -15.1. The van der Waals surface area contributed by atoms with Gasteiger partial charge in [-0.15, -0.1) is 0 Å². The summed E-state index contributed by atoms with van der Waals surface area (Å²) >= 11 is 0. The van der Waals surface area contributed by atoms with Crippen LogP contribution in [0.4, 0.5) is 22.0 Å². The summed E-state index contributed by atoms with van der Waals surface area (Å²) in [6, 6.07) is 0. The largest absolute Gasteiger partial charge is 0.299 e. The lowest BCUT2D eigenvalue weighted by molar-refractivity contribution is -0.127. The topological polar surface area (TPSA) is 34.1 Å². The molecule has 18 heavy (non-hydrogen) atoms. The molecule has 0 fully saturated rings. The van der Waals surface area contributed by atoms with Gasteiger partial charge in [0.1, 0.15) is 17.5 Å². The van der Waals surface area contributed by atoms with Crippen molar-refractivity contribution in [2.24, 2.45) is 0 Å². The van der Waals surface area contributed by atoms with Gasteiger partial charge < -0.3 is 0 Å². The Bertz CT molecular complexity index is 496. The molecule has 7 heteroatoms. The Labute approximate surface area is 98.4 Å². The normalized spacial score (nSPS) is 10.9. The van der Waals surface area contributed by atoms with Gasteiger partial charge in [-0.05, 0) is 13.8 Å². The van der Waals surface area contributed by atoms with Gasteiger partial charge in [0.15, 0.2) is 23.3 Å². The standard InChI is InChI=1S/C11H7F5O2/c1-3(17)5(4(2)18)6-7(12)9(14)11(16)10(15)8(6)13/h5H,1-2H3. The molecule has 0 amide bonds. The fraction of sp³-hybridized carbons (Fsp3) is 0.273. The Hall–Kier alpha value is -1.79. The Morgan fingerprint density at radius 2 is 1.00 bits per heavy atom. The van der Waals surface area contributed by atoms with Crippen molar-refractivity contribution in [1.29, 1.82) is 0 Å². The van der Waals surface area contributed by atoms with E-state index >= 15 is 0 Å². The molecule has 1 rings (SSSR count). The second-order valence-electron chi connectivity index (χ2n) is 3.64. The number of hydrogen-bond acceptors (Lipinski definition) is 2. The third kappa shape index (κ3) is 2.12. The summed E-state index contributed by atoms with van der Waals surface area (Å²) in [4.78, 5) is 22.2. The van der Waals surface area contributed by atoms with E-state index in [0.29, 0.717) is 0 Å². The molecule has 0 bridgehead atoms. The molecule has 98 valence electrons. The van der Waals surface area contributed by atoms with E-state index in [2.05, 4.69) is 0 Å². The molecule has 0 N–H and O–H groups in total. The number of hydrogen-bond donors (Lipinski definition) is 0. The molecule has 1 aromatic carbocycles. The van der Waals surface area contributed by atoms with Crippen LogP contribution in [-0.4, -0.2) is 11.6 Å². The van der Waals surface area contributed by atoms with Gasteiger partial charge in [0.2, 0.25) is 5.82 Å². The number of ketones is 2. The molecule has 0 radical (unpaired) electrons. The molecular weight excluding hydrogens is 259 g/mol. The maximum Gasteiger partial charge on any atom is 0.200 e. The first kappa shape index (κ1) is 14.3. The van der Waals surface area contributed by atoms with E-state index in [9.17, 15) is 31.5 Å². The van der Waals surface area contributed by atoms with Crippen molar-refractivity contribution in [1.82, 2.24) is 0 Å². The van der Waals surface area contributed by atoms with Crippen LogP contribution in [-0.2, 0) is 9.59 Å². The second kappa shape index (κ2) is 4.83. The van der Waals surface area contributed by atoms with Crippen LogP contribution in [0.15, 0.2) is 0 Å². The van der Waals surface area contributed by atoms with E-state index in [1.165, 1.54) is 0 Å². The molecule has 0 aliphatic carbocycles. The highest BCUT2D eigenvalue weighted by Crippen LogP contribution is 2.30. The van der Waals surface area contributed by atoms with Crippen LogP contribution in [0.3, 0.4) is 0 Å². The van der Waals surface area contributed by atoms with Crippen LogP contribution in [0.1, 0.15) is 25.3 Å². The molecule has 0 atom stereocenters. The van der Waals surface area contributed by atoms with Gasteiger partial charge in [0.25, 0.3) is 0 Å². The zero-order valence-electron chi connectivity index (χ0n) is 9.28. The number of Topliss-reactive ketones (excluding diaryl/α,β-unsaturated/α-hetero) is 2. The summed E-state index contributed by atoms with van der Waals surface area (Å²) < 4.78 is 65.3. The van der Waals surface area contributed by atoms with Crippen LogP contribution in [0, 0.1) is 29.1 Å². The van der Waals surface area contributed by atoms with Crippen LogP contribution >= 0.6 is 0 Å². The molecule has 0 unspecified atom stereocenters. The zero-order valence-corrected chi connectivity index (χ0v) is 9.28. The minimum Gasteiger partial charge on any atom is -0.299 e. The first-order valence-electron chi connectivity index (χ1n) is 4.72. The van der Waals surface area contributed by atoms with Gasteiger partial charge in [-0.2, -0.15) is 0 Å². The van der Waals surface area contributed by atoms with Crippen LogP contribution in [0.25, 0.3) is 0 Å². The summed E-state index contributed by atoms with van der Waals surface area (Å²) in [6.07, 6.45) is 0. The van der Waals surface area contributed by atoms with Gasteiger partial charge in [-0.1, -0.05) is 0 Å². The van der Waals surface area contributed by atoms with Crippen LogP contribution in [0.2, 0.25) is 0 Å². The summed E-state index contributed by atoms with van der Waals surface area (Å²) in [5, 5.41) is 0. The molecule has 0 aromatic heterocycles. The fourth-order valence-corrected chi connectivity index (χ4v) is 1.57. The number of benzene rings is 1. The molecule has 0 heterocycles. The Balaban J connectivity index is 3.69. The third-order valence-corrected chi connectivity index (χ3v) is 2.35. The molecule has 0 saturated heterocycles. The van der Waals surface area contributed by atoms with E-state index in [4.69, 9.17) is 0 Å². The Kier molecular flexibility index (Phi) is 3.83. The van der Waals surface area contributed by atoms with E-state index in [1.807, 2.05) is 0 Å². The van der Waals surface area contributed by atoms with Crippen LogP contribution < -0.4 is 0 Å². The monoisotopic (exact) mass is 266 g/mol. The Morgan fingerprint density at radius 3 is 1.28 bits per heavy atom. The highest BCUT2D eigenvalue weighted by Gasteiger charge is 2.34. The maximum absolute atomic E-state index is 13.3. The SMILES string of the molecule is CC(=O)C(C(C)=O)c1c(F)c(F)c(F)c(F)c1F. The second-order valence-corrected chi connectivity index (χ2v) is 3.64. The lowest BCUT2D eigenvalue weighted by atomic mass is 9.90. The highest BCUT2D eigenvalue weighted by atomic mass is 19.2. The first-order valence-corrected chi connectivity index (χ1v) is 4.72. The average Bonchev–Trinajstić information content (AvgIpc) is 2.28. The van der Waals surface area contributed by atoms with Crippen molar-refractivity contribution in [3.05, 3.63) is 34.6 Å². The van der Waals surface area contributed by atoms with Gasteiger partial charge in [0, 0.05) is 5.56 Å². The van der Waals surface area contributed by atoms with E-state index in [0.717, 1.165) is 13.8 Å². The molecule has 0 aliphatic heterocycles. The predicted octanol–water partition coefficient (Wildman–Crippen LogP) is 2.64. The van der Waals surface area contributed by atoms with Crippen molar-refractivity contribution in [2.75, 3.05) is 0 Å². The molecule has 2 nitrogen and oxygen atoms in total. The number of carbonyl (C=O) groups is 2. The summed E-state index contributed by atoms with van der Waals surface area (Å²) in [5.41, 5.74) is -1.41. The predicted molar refractivity (Wildman–Crippen MR) is 50.3 cm³/mol. The van der Waals surface area contributed by atoms with Gasteiger partial charge >= 0.3 is 0 Å². The minimum absolute atomic E-state index is 0.824. The molecule has 0 aliphatic rings. The van der Waals surface area contributed by atoms with Crippen molar-refractivity contribution < 1.29 is 31.5 Å². The zero-order chi connectivity index (χ0) is 14.2. The highest BCUT2D eigenvalue weighted by molar-refractivity contribution is 6.05. The van der Waals surface area contributed by atoms with Crippen molar-refractivity contribution >= 4 is 11.6 Å². The average molecular weight is 266 g/mol. The Morgan fingerprint density at radius 1 is 0.722 bits per heavy atom. The van der Waals surface area contributed by atoms with Crippen LogP contribution in [0.5, 0.6) is 0 Å². The fourth-order valence-electron chi connectivity index (χ4n) is 1.57. The molecular formula is C11H7F5O2. The van der Waals surface area contributed by atoms with Crippen molar-refractivity contribution in [3.63, 3.8) is 0 Å². The quantitative estimate of drug-likeness (QED) is 0.365. The number of rotatable bonds is 3. The number of halogens is 5. The van der Waals surface area contributed by atoms with Crippen molar-refractivity contribution in [2.45, 2.75) is 19.8 Å². The smallest absolute Gasteiger partial charge is 0.200 e. The van der Waals surface area contributed by atoms with E-state index < -0.39 is 52.1 Å². The van der Waals surface area contributed by atoms with Crippen molar-refractivity contribution in [3.8, 4) is 0 Å². The summed E-state index contributed by atoms with van der Waals surface area (Å²) in [7, 11) is 0. The van der Waals surface area contributed by atoms with Gasteiger partial charge in [-0.3, -0.25) is 9.59 Å². The minimum atomic E-state index is -2.33. The lowest BCUT2D eigenvalue weighted by Crippen LogP contribution is -2.22. The summed E-state index contributed by atoms with van der Waals surface area (Å²) in [6.45, 7) is 1.65. The van der Waals surface area contributed by atoms with Gasteiger partial charge in [-0.25, -0.2) is 22.0 Å². The molecule has 0 spiro atoms. The lowest BCUT2D eigenvalue weighted by Gasteiger charge is -2.14. The van der Waals surface area contributed by atoms with E-state index in [1.54, 1.807) is 0 Å². The third-order valence-electron chi connectivity index (χ3n) is 2.35. The first-order chi connectivity index (χ1) is 8.20.